The number of aromatic nitrogens is 5. The Labute approximate surface area is 123 Å². The predicted octanol–water partition coefficient (Wildman–Crippen LogP) is 0.691. The fourth-order valence-electron chi connectivity index (χ4n) is 2.40. The van der Waals surface area contributed by atoms with E-state index in [1.54, 1.807) is 34.3 Å². The molecule has 0 aliphatic carbocycles. The lowest BCUT2D eigenvalue weighted by molar-refractivity contribution is 0.402. The fraction of sp³-hybridized carbons (Fsp3) is 0.583. The van der Waals surface area contributed by atoms with Gasteiger partial charge < -0.3 is 4.57 Å². The average molecular weight is 310 g/mol. The van der Waals surface area contributed by atoms with Crippen LogP contribution in [0, 0.1) is 0 Å². The monoisotopic (exact) mass is 310 g/mol. The first-order chi connectivity index (χ1) is 9.98. The molecular formula is C12H18N6O2S. The van der Waals surface area contributed by atoms with Crippen LogP contribution >= 0.6 is 0 Å². The van der Waals surface area contributed by atoms with Gasteiger partial charge in [-0.15, -0.1) is 0 Å². The maximum atomic E-state index is 12.6. The van der Waals surface area contributed by atoms with Crippen LogP contribution in [0.5, 0.6) is 0 Å². The van der Waals surface area contributed by atoms with Gasteiger partial charge in [-0.3, -0.25) is 0 Å². The van der Waals surface area contributed by atoms with Crippen molar-refractivity contribution in [3.63, 3.8) is 0 Å². The van der Waals surface area contributed by atoms with E-state index in [4.69, 9.17) is 0 Å². The Kier molecular flexibility index (Phi) is 3.54. The zero-order valence-corrected chi connectivity index (χ0v) is 12.8. The van der Waals surface area contributed by atoms with E-state index in [0.29, 0.717) is 19.5 Å². The lowest BCUT2D eigenvalue weighted by Crippen LogP contribution is -2.29. The third-order valence-electron chi connectivity index (χ3n) is 3.67. The highest BCUT2D eigenvalue weighted by atomic mass is 32.2. The Bertz CT molecular complexity index is 706. The van der Waals surface area contributed by atoms with Crippen molar-refractivity contribution >= 4 is 10.0 Å². The molecule has 0 saturated carbocycles. The van der Waals surface area contributed by atoms with Gasteiger partial charge in [-0.1, -0.05) is 0 Å². The van der Waals surface area contributed by atoms with Crippen molar-refractivity contribution < 1.29 is 8.42 Å². The van der Waals surface area contributed by atoms with Gasteiger partial charge in [0.25, 0.3) is 10.0 Å². The van der Waals surface area contributed by atoms with Gasteiger partial charge in [0.1, 0.15) is 0 Å². The molecule has 114 valence electrons. The second-order valence-electron chi connectivity index (χ2n) is 5.41. The molecule has 2 aromatic heterocycles. The standard InChI is InChI=1S/C12H18N6O2S/c1-10(2)16-8-12(13-9-16)21(19,20)17-6-3-11(7-17)18-14-4-5-15-18/h4-5,8-11H,3,6-7H2,1-2H3. The van der Waals surface area contributed by atoms with E-state index < -0.39 is 10.0 Å². The first-order valence-corrected chi connectivity index (χ1v) is 8.32. The first kappa shape index (κ1) is 14.2. The zero-order chi connectivity index (χ0) is 15.0. The summed E-state index contributed by atoms with van der Waals surface area (Å²) in [7, 11) is -3.54. The number of hydrogen-bond donors (Lipinski definition) is 0. The molecule has 1 unspecified atom stereocenters. The van der Waals surface area contributed by atoms with Gasteiger partial charge in [0, 0.05) is 25.3 Å². The predicted molar refractivity (Wildman–Crippen MR) is 75.0 cm³/mol. The van der Waals surface area contributed by atoms with Crippen LogP contribution in [0.2, 0.25) is 0 Å². The fourth-order valence-corrected chi connectivity index (χ4v) is 3.81. The van der Waals surface area contributed by atoms with E-state index in [1.165, 1.54) is 4.31 Å². The maximum absolute atomic E-state index is 12.6. The van der Waals surface area contributed by atoms with Crippen molar-refractivity contribution in [1.82, 2.24) is 28.9 Å². The van der Waals surface area contributed by atoms with Crippen LogP contribution in [-0.4, -0.2) is 50.4 Å². The molecule has 3 rings (SSSR count). The number of hydrogen-bond acceptors (Lipinski definition) is 5. The summed E-state index contributed by atoms with van der Waals surface area (Å²) in [6.07, 6.45) is 7.04. The van der Waals surface area contributed by atoms with Crippen molar-refractivity contribution in [2.45, 2.75) is 37.4 Å². The van der Waals surface area contributed by atoms with Crippen LogP contribution < -0.4 is 0 Å². The summed E-state index contributed by atoms with van der Waals surface area (Å²) in [6, 6.07) is 0.169. The Morgan fingerprint density at radius 1 is 1.29 bits per heavy atom. The van der Waals surface area contributed by atoms with Crippen LogP contribution in [0.1, 0.15) is 32.4 Å². The summed E-state index contributed by atoms with van der Waals surface area (Å²) in [4.78, 5) is 5.61. The summed E-state index contributed by atoms with van der Waals surface area (Å²) < 4.78 is 28.4. The van der Waals surface area contributed by atoms with Crippen molar-refractivity contribution in [2.24, 2.45) is 0 Å². The number of rotatable bonds is 4. The molecule has 3 heterocycles. The molecule has 21 heavy (non-hydrogen) atoms. The molecule has 0 bridgehead atoms. The minimum absolute atomic E-state index is 0.0121. The Balaban J connectivity index is 1.79. The highest BCUT2D eigenvalue weighted by Crippen LogP contribution is 2.25. The molecule has 0 aromatic carbocycles. The summed E-state index contributed by atoms with van der Waals surface area (Å²) in [5.74, 6) is 0. The molecule has 8 nitrogen and oxygen atoms in total. The van der Waals surface area contributed by atoms with Gasteiger partial charge in [0.2, 0.25) is 0 Å². The van der Waals surface area contributed by atoms with Crippen LogP contribution in [0.15, 0.2) is 29.9 Å². The topological polar surface area (TPSA) is 85.9 Å². The molecule has 1 saturated heterocycles. The van der Waals surface area contributed by atoms with Gasteiger partial charge in [-0.05, 0) is 20.3 Å². The molecule has 9 heteroatoms. The number of nitrogens with zero attached hydrogens (tertiary/aromatic N) is 6. The van der Waals surface area contributed by atoms with E-state index in [-0.39, 0.29) is 17.1 Å². The minimum atomic E-state index is -3.54. The van der Waals surface area contributed by atoms with Crippen molar-refractivity contribution in [1.29, 1.82) is 0 Å². The van der Waals surface area contributed by atoms with Crippen LogP contribution in [-0.2, 0) is 10.0 Å². The largest absolute Gasteiger partial charge is 0.334 e. The van der Waals surface area contributed by atoms with Gasteiger partial charge in [-0.25, -0.2) is 13.4 Å². The quantitative estimate of drug-likeness (QED) is 0.829. The van der Waals surface area contributed by atoms with E-state index >= 15 is 0 Å². The smallest absolute Gasteiger partial charge is 0.262 e. The second kappa shape index (κ2) is 5.23. The molecule has 1 aliphatic rings. The normalized spacial score (nSPS) is 20.4. The van der Waals surface area contributed by atoms with Crippen LogP contribution in [0.25, 0.3) is 0 Å². The number of imidazole rings is 1. The van der Waals surface area contributed by atoms with E-state index in [0.717, 1.165) is 0 Å². The van der Waals surface area contributed by atoms with Gasteiger partial charge in [0.05, 0.1) is 24.8 Å². The summed E-state index contributed by atoms with van der Waals surface area (Å²) in [6.45, 7) is 4.80. The molecule has 2 aromatic rings. The second-order valence-corrected chi connectivity index (χ2v) is 7.29. The van der Waals surface area contributed by atoms with E-state index in [9.17, 15) is 8.42 Å². The summed E-state index contributed by atoms with van der Waals surface area (Å²) in [5, 5.41) is 8.26. The SMILES string of the molecule is CC(C)n1cnc(S(=O)(=O)N2CCC(n3nccn3)C2)c1. The van der Waals surface area contributed by atoms with Crippen molar-refractivity contribution in [3.05, 3.63) is 24.9 Å². The van der Waals surface area contributed by atoms with Gasteiger partial charge in [-0.2, -0.15) is 19.3 Å². The molecule has 0 spiro atoms. The Morgan fingerprint density at radius 3 is 2.62 bits per heavy atom. The highest BCUT2D eigenvalue weighted by Gasteiger charge is 2.35. The summed E-state index contributed by atoms with van der Waals surface area (Å²) in [5.41, 5.74) is 0. The van der Waals surface area contributed by atoms with Crippen molar-refractivity contribution in [2.75, 3.05) is 13.1 Å². The van der Waals surface area contributed by atoms with Crippen LogP contribution in [0.4, 0.5) is 0 Å². The zero-order valence-electron chi connectivity index (χ0n) is 12.0. The maximum Gasteiger partial charge on any atom is 0.262 e. The molecule has 0 N–H and O–H groups in total. The molecular weight excluding hydrogens is 292 g/mol. The molecule has 1 atom stereocenters. The highest BCUT2D eigenvalue weighted by molar-refractivity contribution is 7.89. The van der Waals surface area contributed by atoms with E-state index in [2.05, 4.69) is 15.2 Å². The van der Waals surface area contributed by atoms with E-state index in [1.807, 2.05) is 13.8 Å². The third kappa shape index (κ3) is 2.58. The number of sulfonamides is 1. The molecule has 1 aliphatic heterocycles. The van der Waals surface area contributed by atoms with Gasteiger partial charge in [0.15, 0.2) is 5.03 Å². The molecule has 0 amide bonds. The van der Waals surface area contributed by atoms with Crippen LogP contribution in [0.3, 0.4) is 0 Å². The summed E-state index contributed by atoms with van der Waals surface area (Å²) >= 11 is 0. The van der Waals surface area contributed by atoms with Crippen molar-refractivity contribution in [3.8, 4) is 0 Å². The minimum Gasteiger partial charge on any atom is -0.334 e. The lowest BCUT2D eigenvalue weighted by atomic mass is 10.3. The Morgan fingerprint density at radius 2 is 2.00 bits per heavy atom. The average Bonchev–Trinajstić information content (AvgIpc) is 3.19. The first-order valence-electron chi connectivity index (χ1n) is 6.88. The lowest BCUT2D eigenvalue weighted by Gasteiger charge is -2.14. The third-order valence-corrected chi connectivity index (χ3v) is 5.42. The Hall–Kier alpha value is -1.74. The molecule has 0 radical (unpaired) electrons. The molecule has 1 fully saturated rings. The van der Waals surface area contributed by atoms with Gasteiger partial charge >= 0.3 is 0 Å².